The van der Waals surface area contributed by atoms with E-state index in [2.05, 4.69) is 41.5 Å². The molecule has 1 aromatic rings. The summed E-state index contributed by atoms with van der Waals surface area (Å²) in [5, 5.41) is 9.99. The molecule has 0 aliphatic carbocycles. The van der Waals surface area contributed by atoms with Gasteiger partial charge in [0.2, 0.25) is 5.24 Å². The molecular formula is C17H27ClO2. The first-order valence-corrected chi connectivity index (χ1v) is 7.30. The number of hydrogen-bond acceptors (Lipinski definition) is 2. The maximum atomic E-state index is 10.3. The highest BCUT2D eigenvalue weighted by atomic mass is 35.5. The van der Waals surface area contributed by atoms with Crippen molar-refractivity contribution in [2.45, 2.75) is 65.7 Å². The highest BCUT2D eigenvalue weighted by Crippen LogP contribution is 2.38. The summed E-state index contributed by atoms with van der Waals surface area (Å²) in [6.07, 6.45) is 0.432. The van der Waals surface area contributed by atoms with Crippen LogP contribution in [0.15, 0.2) is 18.2 Å². The zero-order chi connectivity index (χ0) is 16.1. The second kappa shape index (κ2) is 7.12. The van der Waals surface area contributed by atoms with Crippen LogP contribution in [0.3, 0.4) is 0 Å². The molecule has 0 amide bonds. The lowest BCUT2D eigenvalue weighted by Gasteiger charge is -2.26. The molecule has 0 aliphatic heterocycles. The maximum absolute atomic E-state index is 10.3. The SMILES string of the molecule is CC(C)(C)c1cccc(C(C)(C)C)c1O.CCC(=O)Cl. The normalized spacial score (nSPS) is 11.6. The molecule has 2 nitrogen and oxygen atoms in total. The number of carbonyl (C=O) groups is 1. The van der Waals surface area contributed by atoms with Crippen molar-refractivity contribution in [1.29, 1.82) is 0 Å². The number of benzene rings is 1. The van der Waals surface area contributed by atoms with Crippen LogP contribution in [0.5, 0.6) is 5.75 Å². The van der Waals surface area contributed by atoms with Crippen LogP contribution in [-0.4, -0.2) is 10.3 Å². The zero-order valence-electron chi connectivity index (χ0n) is 13.7. The first kappa shape index (κ1) is 19.0. The van der Waals surface area contributed by atoms with Crippen LogP contribution in [-0.2, 0) is 15.6 Å². The third-order valence-electron chi connectivity index (χ3n) is 2.93. The molecule has 0 atom stereocenters. The number of halogens is 1. The molecule has 114 valence electrons. The molecule has 0 unspecified atom stereocenters. The molecule has 0 bridgehead atoms. The summed E-state index contributed by atoms with van der Waals surface area (Å²) >= 11 is 4.82. The maximum Gasteiger partial charge on any atom is 0.221 e. The number of phenols is 1. The lowest BCUT2D eigenvalue weighted by atomic mass is 9.80. The van der Waals surface area contributed by atoms with E-state index in [4.69, 9.17) is 11.6 Å². The fourth-order valence-corrected chi connectivity index (χ4v) is 1.75. The van der Waals surface area contributed by atoms with Crippen LogP contribution in [0, 0.1) is 0 Å². The number of carbonyl (C=O) groups excluding carboxylic acids is 1. The molecule has 0 radical (unpaired) electrons. The minimum atomic E-state index is -0.273. The molecule has 0 saturated heterocycles. The molecule has 1 aromatic carbocycles. The number of aromatic hydroxyl groups is 1. The average Bonchev–Trinajstić information content (AvgIpc) is 2.26. The third-order valence-corrected chi connectivity index (χ3v) is 3.20. The van der Waals surface area contributed by atoms with Crippen molar-refractivity contribution in [3.05, 3.63) is 29.3 Å². The molecule has 0 aromatic heterocycles. The van der Waals surface area contributed by atoms with E-state index in [1.165, 1.54) is 0 Å². The molecular weight excluding hydrogens is 272 g/mol. The Morgan fingerprint density at radius 1 is 1.05 bits per heavy atom. The van der Waals surface area contributed by atoms with Crippen molar-refractivity contribution in [3.63, 3.8) is 0 Å². The summed E-state index contributed by atoms with van der Waals surface area (Å²) in [5.41, 5.74) is 2.03. The Bertz CT molecular complexity index is 419. The predicted octanol–water partition coefficient (Wildman–Crippen LogP) is 5.15. The minimum Gasteiger partial charge on any atom is -0.507 e. The quantitative estimate of drug-likeness (QED) is 0.728. The van der Waals surface area contributed by atoms with Gasteiger partial charge < -0.3 is 5.11 Å². The van der Waals surface area contributed by atoms with E-state index in [-0.39, 0.29) is 16.1 Å². The summed E-state index contributed by atoms with van der Waals surface area (Å²) in [6.45, 7) is 14.4. The summed E-state index contributed by atoms with van der Waals surface area (Å²) in [4.78, 5) is 9.58. The van der Waals surface area contributed by atoms with Gasteiger partial charge in [-0.2, -0.15) is 0 Å². The Labute approximate surface area is 128 Å². The largest absolute Gasteiger partial charge is 0.507 e. The van der Waals surface area contributed by atoms with Crippen molar-refractivity contribution in [1.82, 2.24) is 0 Å². The monoisotopic (exact) mass is 298 g/mol. The van der Waals surface area contributed by atoms with Gasteiger partial charge in [-0.3, -0.25) is 4.79 Å². The molecule has 1 rings (SSSR count). The van der Waals surface area contributed by atoms with Gasteiger partial charge in [-0.05, 0) is 33.6 Å². The van der Waals surface area contributed by atoms with Gasteiger partial charge in [0.1, 0.15) is 5.75 Å². The molecule has 0 heterocycles. The van der Waals surface area contributed by atoms with Gasteiger partial charge in [0, 0.05) is 6.42 Å². The van der Waals surface area contributed by atoms with E-state index in [1.54, 1.807) is 6.92 Å². The number of hydrogen-bond donors (Lipinski definition) is 1. The lowest BCUT2D eigenvalue weighted by Crippen LogP contribution is -2.16. The summed E-state index contributed by atoms with van der Waals surface area (Å²) in [5.74, 6) is 0.456. The summed E-state index contributed by atoms with van der Waals surface area (Å²) in [6, 6.07) is 6.04. The number of phenolic OH excluding ortho intramolecular Hbond substituents is 1. The fourth-order valence-electron chi connectivity index (χ4n) is 1.75. The zero-order valence-corrected chi connectivity index (χ0v) is 14.4. The Morgan fingerprint density at radius 3 is 1.55 bits per heavy atom. The predicted molar refractivity (Wildman–Crippen MR) is 86.7 cm³/mol. The second-order valence-corrected chi connectivity index (χ2v) is 7.33. The van der Waals surface area contributed by atoms with Gasteiger partial charge in [0.15, 0.2) is 0 Å². The van der Waals surface area contributed by atoms with Gasteiger partial charge in [0.25, 0.3) is 0 Å². The van der Waals surface area contributed by atoms with Gasteiger partial charge >= 0.3 is 0 Å². The van der Waals surface area contributed by atoms with E-state index in [0.29, 0.717) is 12.2 Å². The molecule has 3 heteroatoms. The fraction of sp³-hybridized carbons (Fsp3) is 0.588. The molecule has 1 N–H and O–H groups in total. The molecule has 0 saturated carbocycles. The Kier molecular flexibility index (Phi) is 6.76. The molecule has 0 aliphatic rings. The van der Waals surface area contributed by atoms with Crippen molar-refractivity contribution in [3.8, 4) is 5.75 Å². The van der Waals surface area contributed by atoms with Crippen LogP contribution in [0.4, 0.5) is 0 Å². The van der Waals surface area contributed by atoms with E-state index < -0.39 is 0 Å². The Morgan fingerprint density at radius 2 is 1.35 bits per heavy atom. The first-order valence-electron chi connectivity index (χ1n) is 6.92. The van der Waals surface area contributed by atoms with Gasteiger partial charge in [-0.15, -0.1) is 0 Å². The lowest BCUT2D eigenvalue weighted by molar-refractivity contribution is -0.111. The van der Waals surface area contributed by atoms with Crippen LogP contribution in [0.25, 0.3) is 0 Å². The number of rotatable bonds is 1. The van der Waals surface area contributed by atoms with Crippen molar-refractivity contribution < 1.29 is 9.90 Å². The van der Waals surface area contributed by atoms with Gasteiger partial charge in [0.05, 0.1) is 0 Å². The summed E-state index contributed by atoms with van der Waals surface area (Å²) in [7, 11) is 0. The van der Waals surface area contributed by atoms with Gasteiger partial charge in [-0.25, -0.2) is 0 Å². The topological polar surface area (TPSA) is 37.3 Å². The van der Waals surface area contributed by atoms with E-state index in [1.807, 2.05) is 18.2 Å². The smallest absolute Gasteiger partial charge is 0.221 e. The molecule has 0 fully saturated rings. The van der Waals surface area contributed by atoms with Crippen LogP contribution < -0.4 is 0 Å². The van der Waals surface area contributed by atoms with Crippen molar-refractivity contribution in [2.24, 2.45) is 0 Å². The van der Waals surface area contributed by atoms with E-state index in [0.717, 1.165) is 11.1 Å². The Balaban J connectivity index is 0.000000621. The van der Waals surface area contributed by atoms with Crippen LogP contribution in [0.1, 0.15) is 66.0 Å². The van der Waals surface area contributed by atoms with E-state index in [9.17, 15) is 9.90 Å². The number of para-hydroxylation sites is 1. The van der Waals surface area contributed by atoms with Crippen LogP contribution >= 0.6 is 11.6 Å². The second-order valence-electron chi connectivity index (χ2n) is 6.91. The highest BCUT2D eigenvalue weighted by Gasteiger charge is 2.24. The first-order chi connectivity index (χ1) is 8.91. The minimum absolute atomic E-state index is 0.00859. The van der Waals surface area contributed by atoms with E-state index >= 15 is 0 Å². The molecule has 0 spiro atoms. The van der Waals surface area contributed by atoms with Crippen LogP contribution in [0.2, 0.25) is 0 Å². The average molecular weight is 299 g/mol. The van der Waals surface area contributed by atoms with Crippen molar-refractivity contribution in [2.75, 3.05) is 0 Å². The molecule has 20 heavy (non-hydrogen) atoms. The standard InChI is InChI=1S/C14H22O.C3H5ClO/c1-13(2,3)10-8-7-9-11(12(10)15)14(4,5)6;1-2-3(4)5/h7-9,15H,1-6H3;2H2,1H3. The van der Waals surface area contributed by atoms with Crippen molar-refractivity contribution >= 4 is 16.8 Å². The Hall–Kier alpha value is -1.02. The highest BCUT2D eigenvalue weighted by molar-refractivity contribution is 6.63. The van der Waals surface area contributed by atoms with Gasteiger partial charge in [-0.1, -0.05) is 66.7 Å². The third kappa shape index (κ3) is 5.96. The summed E-state index contributed by atoms with van der Waals surface area (Å²) < 4.78 is 0.